The molecule has 0 radical (unpaired) electrons. The molecule has 0 fully saturated rings. The second kappa shape index (κ2) is 6.14. The molecule has 0 bridgehead atoms. The molecule has 0 aromatic rings. The maximum Gasteiger partial charge on any atom is 0.222 e. The molecule has 0 aromatic carbocycles. The van der Waals surface area contributed by atoms with Gasteiger partial charge in [0.25, 0.3) is 0 Å². The summed E-state index contributed by atoms with van der Waals surface area (Å²) < 4.78 is 10.4. The van der Waals surface area contributed by atoms with Gasteiger partial charge in [-0.2, -0.15) is 0 Å². The van der Waals surface area contributed by atoms with Crippen molar-refractivity contribution in [3.05, 3.63) is 0 Å². The Morgan fingerprint density at radius 3 is 2.42 bits per heavy atom. The highest BCUT2D eigenvalue weighted by atomic mass is 16.7. The SMILES string of the molecule is CCCCOC(C)(C=O)OCC. The zero-order chi connectivity index (χ0) is 9.45. The van der Waals surface area contributed by atoms with Crippen LogP contribution in [-0.4, -0.2) is 25.3 Å². The number of carbonyl (C=O) groups is 1. The lowest BCUT2D eigenvalue weighted by Crippen LogP contribution is -2.34. The summed E-state index contributed by atoms with van der Waals surface area (Å²) in [5.41, 5.74) is 0. The molecule has 0 rings (SSSR count). The summed E-state index contributed by atoms with van der Waals surface area (Å²) in [4.78, 5) is 10.6. The fourth-order valence-electron chi connectivity index (χ4n) is 0.815. The van der Waals surface area contributed by atoms with Crippen molar-refractivity contribution in [2.75, 3.05) is 13.2 Å². The molecule has 0 saturated heterocycles. The Morgan fingerprint density at radius 1 is 1.33 bits per heavy atom. The van der Waals surface area contributed by atoms with E-state index < -0.39 is 5.79 Å². The summed E-state index contributed by atoms with van der Waals surface area (Å²) >= 11 is 0. The lowest BCUT2D eigenvalue weighted by Gasteiger charge is -2.23. The Kier molecular flexibility index (Phi) is 5.93. The van der Waals surface area contributed by atoms with E-state index in [4.69, 9.17) is 9.47 Å². The molecule has 0 spiro atoms. The highest BCUT2D eigenvalue weighted by Crippen LogP contribution is 2.09. The maximum absolute atomic E-state index is 10.6. The van der Waals surface area contributed by atoms with Gasteiger partial charge in [0.15, 0.2) is 6.29 Å². The molecule has 3 heteroatoms. The van der Waals surface area contributed by atoms with Crippen LogP contribution >= 0.6 is 0 Å². The summed E-state index contributed by atoms with van der Waals surface area (Å²) in [5.74, 6) is -1.04. The molecule has 0 N–H and O–H groups in total. The molecule has 0 aliphatic carbocycles. The summed E-state index contributed by atoms with van der Waals surface area (Å²) in [6.07, 6.45) is 2.71. The fourth-order valence-corrected chi connectivity index (χ4v) is 0.815. The Bertz CT molecular complexity index is 125. The van der Waals surface area contributed by atoms with E-state index in [1.165, 1.54) is 0 Å². The van der Waals surface area contributed by atoms with Crippen LogP contribution < -0.4 is 0 Å². The molecule has 3 nitrogen and oxygen atoms in total. The molecule has 0 aliphatic heterocycles. The van der Waals surface area contributed by atoms with E-state index in [9.17, 15) is 4.79 Å². The number of carbonyl (C=O) groups excluding carboxylic acids is 1. The molecule has 0 aliphatic rings. The third-order valence-electron chi connectivity index (χ3n) is 1.53. The van der Waals surface area contributed by atoms with E-state index in [1.54, 1.807) is 6.92 Å². The topological polar surface area (TPSA) is 35.5 Å². The number of aldehydes is 1. The number of unbranched alkanes of at least 4 members (excludes halogenated alkanes) is 1. The molecule has 72 valence electrons. The van der Waals surface area contributed by atoms with Gasteiger partial charge in [-0.05, 0) is 20.3 Å². The van der Waals surface area contributed by atoms with Crippen LogP contribution in [0.5, 0.6) is 0 Å². The molecule has 1 atom stereocenters. The number of ether oxygens (including phenoxy) is 2. The Labute approximate surface area is 74.0 Å². The highest BCUT2D eigenvalue weighted by Gasteiger charge is 2.23. The average Bonchev–Trinajstić information content (AvgIpc) is 2.06. The second-order valence-electron chi connectivity index (χ2n) is 2.77. The van der Waals surface area contributed by atoms with Gasteiger partial charge in [-0.15, -0.1) is 0 Å². The lowest BCUT2D eigenvalue weighted by molar-refractivity contribution is -0.208. The van der Waals surface area contributed by atoms with Crippen molar-refractivity contribution in [2.24, 2.45) is 0 Å². The van der Waals surface area contributed by atoms with Crippen molar-refractivity contribution >= 4 is 6.29 Å². The van der Waals surface area contributed by atoms with Crippen molar-refractivity contribution in [3.63, 3.8) is 0 Å². The molecular formula is C9H18O3. The predicted molar refractivity (Wildman–Crippen MR) is 47.0 cm³/mol. The Balaban J connectivity index is 3.71. The van der Waals surface area contributed by atoms with Gasteiger partial charge in [-0.1, -0.05) is 13.3 Å². The standard InChI is InChI=1S/C9H18O3/c1-4-6-7-12-9(3,8-10)11-5-2/h8H,4-7H2,1-3H3. The van der Waals surface area contributed by atoms with Gasteiger partial charge in [0.2, 0.25) is 5.79 Å². The van der Waals surface area contributed by atoms with E-state index in [1.807, 2.05) is 6.92 Å². The van der Waals surface area contributed by atoms with Crippen LogP contribution in [0.25, 0.3) is 0 Å². The van der Waals surface area contributed by atoms with Gasteiger partial charge in [-0.3, -0.25) is 4.79 Å². The van der Waals surface area contributed by atoms with Gasteiger partial charge in [0, 0.05) is 6.61 Å². The monoisotopic (exact) mass is 174 g/mol. The summed E-state index contributed by atoms with van der Waals surface area (Å²) in [7, 11) is 0. The number of hydrogen-bond donors (Lipinski definition) is 0. The van der Waals surface area contributed by atoms with Crippen molar-refractivity contribution in [1.82, 2.24) is 0 Å². The molecule has 12 heavy (non-hydrogen) atoms. The van der Waals surface area contributed by atoms with Gasteiger partial charge < -0.3 is 9.47 Å². The van der Waals surface area contributed by atoms with Gasteiger partial charge >= 0.3 is 0 Å². The maximum atomic E-state index is 10.6. The van der Waals surface area contributed by atoms with Crippen LogP contribution in [0.4, 0.5) is 0 Å². The van der Waals surface area contributed by atoms with Crippen LogP contribution in [0.3, 0.4) is 0 Å². The smallest absolute Gasteiger partial charge is 0.222 e. The Hall–Kier alpha value is -0.410. The normalized spacial score (nSPS) is 15.6. The first-order chi connectivity index (χ1) is 5.68. The van der Waals surface area contributed by atoms with Crippen molar-refractivity contribution in [1.29, 1.82) is 0 Å². The Morgan fingerprint density at radius 2 is 2.00 bits per heavy atom. The first-order valence-electron chi connectivity index (χ1n) is 4.42. The van der Waals surface area contributed by atoms with Crippen molar-refractivity contribution in [2.45, 2.75) is 39.4 Å². The average molecular weight is 174 g/mol. The molecule has 0 aromatic heterocycles. The first kappa shape index (κ1) is 11.6. The molecule has 1 unspecified atom stereocenters. The van der Waals surface area contributed by atoms with Crippen molar-refractivity contribution < 1.29 is 14.3 Å². The molecule has 0 amide bonds. The third kappa shape index (κ3) is 4.46. The zero-order valence-corrected chi connectivity index (χ0v) is 8.13. The van der Waals surface area contributed by atoms with E-state index in [-0.39, 0.29) is 0 Å². The minimum Gasteiger partial charge on any atom is -0.344 e. The highest BCUT2D eigenvalue weighted by molar-refractivity contribution is 5.59. The fraction of sp³-hybridized carbons (Fsp3) is 0.889. The largest absolute Gasteiger partial charge is 0.344 e. The molecule has 0 saturated carbocycles. The van der Waals surface area contributed by atoms with Crippen LogP contribution in [0.1, 0.15) is 33.6 Å². The minimum atomic E-state index is -1.04. The van der Waals surface area contributed by atoms with Gasteiger partial charge in [-0.25, -0.2) is 0 Å². The quantitative estimate of drug-likeness (QED) is 0.335. The third-order valence-corrected chi connectivity index (χ3v) is 1.53. The van der Waals surface area contributed by atoms with Crippen LogP contribution in [0, 0.1) is 0 Å². The van der Waals surface area contributed by atoms with Gasteiger partial charge in [0.1, 0.15) is 0 Å². The summed E-state index contributed by atoms with van der Waals surface area (Å²) in [5, 5.41) is 0. The lowest BCUT2D eigenvalue weighted by atomic mass is 10.3. The second-order valence-corrected chi connectivity index (χ2v) is 2.77. The summed E-state index contributed by atoms with van der Waals surface area (Å²) in [6, 6.07) is 0. The van der Waals surface area contributed by atoms with E-state index in [2.05, 4.69) is 6.92 Å². The van der Waals surface area contributed by atoms with Crippen LogP contribution in [0.15, 0.2) is 0 Å². The summed E-state index contributed by atoms with van der Waals surface area (Å²) in [6.45, 7) is 6.61. The molecular weight excluding hydrogens is 156 g/mol. The van der Waals surface area contributed by atoms with Gasteiger partial charge in [0.05, 0.1) is 6.61 Å². The molecule has 0 heterocycles. The van der Waals surface area contributed by atoms with Crippen molar-refractivity contribution in [3.8, 4) is 0 Å². The van der Waals surface area contributed by atoms with E-state index in [0.717, 1.165) is 12.8 Å². The van der Waals surface area contributed by atoms with Crippen LogP contribution in [-0.2, 0) is 14.3 Å². The number of hydrogen-bond acceptors (Lipinski definition) is 3. The predicted octanol–water partition coefficient (Wildman–Crippen LogP) is 1.75. The minimum absolute atomic E-state index is 0.487. The zero-order valence-electron chi connectivity index (χ0n) is 8.13. The first-order valence-corrected chi connectivity index (χ1v) is 4.42. The van der Waals surface area contributed by atoms with E-state index in [0.29, 0.717) is 19.5 Å². The number of rotatable bonds is 7. The van der Waals surface area contributed by atoms with Crippen LogP contribution in [0.2, 0.25) is 0 Å². The van der Waals surface area contributed by atoms with E-state index >= 15 is 0 Å².